The van der Waals surface area contributed by atoms with Crippen LogP contribution < -0.4 is 5.32 Å². The molecule has 0 aliphatic heterocycles. The van der Waals surface area contributed by atoms with Gasteiger partial charge in [-0.1, -0.05) is 45.2 Å². The van der Waals surface area contributed by atoms with E-state index in [1.807, 2.05) is 6.92 Å². The third-order valence-electron chi connectivity index (χ3n) is 4.51. The Labute approximate surface area is 143 Å². The van der Waals surface area contributed by atoms with Crippen molar-refractivity contribution in [3.8, 4) is 6.07 Å². The first-order valence-electron chi connectivity index (χ1n) is 8.46. The maximum absolute atomic E-state index is 12.5. The molecule has 1 aromatic rings. The van der Waals surface area contributed by atoms with Gasteiger partial charge in [-0.3, -0.25) is 4.79 Å². The third kappa shape index (κ3) is 4.75. The summed E-state index contributed by atoms with van der Waals surface area (Å²) in [5, 5.41) is 12.3. The number of nitrogens with one attached hydrogen (secondary N) is 1. The maximum Gasteiger partial charge on any atom is 0.234 e. The van der Waals surface area contributed by atoms with Crippen LogP contribution in [0.15, 0.2) is 29.2 Å². The van der Waals surface area contributed by atoms with Gasteiger partial charge in [0.1, 0.15) is 5.54 Å². The van der Waals surface area contributed by atoms with Gasteiger partial charge in [0, 0.05) is 4.90 Å². The Kier molecular flexibility index (Phi) is 6.12. The molecule has 1 N–H and O–H groups in total. The van der Waals surface area contributed by atoms with Gasteiger partial charge in [0.05, 0.1) is 11.3 Å². The SMILES string of the molecule is CC(Sc1ccc(C(C)C)cc1)C(=O)NC1(C#N)CCCCC1. The predicted molar refractivity (Wildman–Crippen MR) is 95.4 cm³/mol. The highest BCUT2D eigenvalue weighted by Crippen LogP contribution is 2.30. The molecular weight excluding hydrogens is 304 g/mol. The Morgan fingerprint density at radius 2 is 1.78 bits per heavy atom. The van der Waals surface area contributed by atoms with Crippen molar-refractivity contribution in [2.45, 2.75) is 74.5 Å². The fourth-order valence-electron chi connectivity index (χ4n) is 2.95. The van der Waals surface area contributed by atoms with Crippen LogP contribution in [-0.4, -0.2) is 16.7 Å². The van der Waals surface area contributed by atoms with E-state index in [-0.39, 0.29) is 11.2 Å². The standard InChI is InChI=1S/C19H26N2OS/c1-14(2)16-7-9-17(10-8-16)23-15(3)18(22)21-19(13-20)11-5-4-6-12-19/h7-10,14-15H,4-6,11-12H2,1-3H3,(H,21,22). The summed E-state index contributed by atoms with van der Waals surface area (Å²) in [5.41, 5.74) is 0.656. The summed E-state index contributed by atoms with van der Waals surface area (Å²) in [7, 11) is 0. The lowest BCUT2D eigenvalue weighted by atomic mass is 9.83. The minimum Gasteiger partial charge on any atom is -0.337 e. The maximum atomic E-state index is 12.5. The molecule has 0 aromatic heterocycles. The van der Waals surface area contributed by atoms with E-state index in [9.17, 15) is 10.1 Å². The molecule has 1 amide bonds. The zero-order chi connectivity index (χ0) is 16.9. The number of hydrogen-bond acceptors (Lipinski definition) is 3. The zero-order valence-electron chi connectivity index (χ0n) is 14.3. The van der Waals surface area contributed by atoms with Crippen molar-refractivity contribution in [1.82, 2.24) is 5.32 Å². The largest absolute Gasteiger partial charge is 0.337 e. The summed E-state index contributed by atoms with van der Waals surface area (Å²) in [6.07, 6.45) is 4.75. The van der Waals surface area contributed by atoms with E-state index in [1.54, 1.807) is 11.8 Å². The molecule has 4 heteroatoms. The molecule has 124 valence electrons. The zero-order valence-corrected chi connectivity index (χ0v) is 15.1. The summed E-state index contributed by atoms with van der Waals surface area (Å²) < 4.78 is 0. The van der Waals surface area contributed by atoms with E-state index in [0.717, 1.165) is 37.0 Å². The van der Waals surface area contributed by atoms with Gasteiger partial charge in [0.2, 0.25) is 5.91 Å². The number of nitriles is 1. The first-order valence-corrected chi connectivity index (χ1v) is 9.34. The van der Waals surface area contributed by atoms with Crippen LogP contribution in [0.4, 0.5) is 0 Å². The Bertz CT molecular complexity index is 568. The monoisotopic (exact) mass is 330 g/mol. The molecule has 0 spiro atoms. The van der Waals surface area contributed by atoms with Crippen molar-refractivity contribution in [2.75, 3.05) is 0 Å². The summed E-state index contributed by atoms with van der Waals surface area (Å²) in [6, 6.07) is 10.7. The molecule has 0 radical (unpaired) electrons. The number of rotatable bonds is 5. The summed E-state index contributed by atoms with van der Waals surface area (Å²) in [5.74, 6) is 0.475. The van der Waals surface area contributed by atoms with Crippen LogP contribution in [0.2, 0.25) is 0 Å². The lowest BCUT2D eigenvalue weighted by Gasteiger charge is -2.32. The van der Waals surface area contributed by atoms with Crippen LogP contribution in [-0.2, 0) is 4.79 Å². The normalized spacial score (nSPS) is 18.2. The van der Waals surface area contributed by atoms with Crippen LogP contribution in [0, 0.1) is 11.3 Å². The quantitative estimate of drug-likeness (QED) is 0.801. The van der Waals surface area contributed by atoms with Crippen molar-refractivity contribution in [1.29, 1.82) is 5.26 Å². The van der Waals surface area contributed by atoms with Gasteiger partial charge < -0.3 is 5.32 Å². The first kappa shape index (κ1) is 17.9. The number of carbonyl (C=O) groups excluding carboxylic acids is 1. The molecule has 1 aromatic carbocycles. The Balaban J connectivity index is 1.95. The second-order valence-electron chi connectivity index (χ2n) is 6.73. The molecule has 1 aliphatic rings. The van der Waals surface area contributed by atoms with Crippen LogP contribution in [0.5, 0.6) is 0 Å². The molecule has 0 saturated heterocycles. The van der Waals surface area contributed by atoms with Gasteiger partial charge in [-0.15, -0.1) is 11.8 Å². The molecule has 1 aliphatic carbocycles. The summed E-state index contributed by atoms with van der Waals surface area (Å²) >= 11 is 1.55. The van der Waals surface area contributed by atoms with E-state index in [0.29, 0.717) is 5.92 Å². The third-order valence-corrected chi connectivity index (χ3v) is 5.62. The minimum absolute atomic E-state index is 0.0358. The first-order chi connectivity index (χ1) is 11.0. The second kappa shape index (κ2) is 7.88. The number of benzene rings is 1. The predicted octanol–water partition coefficient (Wildman–Crippen LogP) is 4.63. The molecule has 1 unspecified atom stereocenters. The number of amides is 1. The van der Waals surface area contributed by atoms with Crippen molar-refractivity contribution < 1.29 is 4.79 Å². The summed E-state index contributed by atoms with van der Waals surface area (Å²) in [6.45, 7) is 6.25. The van der Waals surface area contributed by atoms with Crippen LogP contribution >= 0.6 is 11.8 Å². The van der Waals surface area contributed by atoms with Gasteiger partial charge in [0.25, 0.3) is 0 Å². The van der Waals surface area contributed by atoms with Crippen LogP contribution in [0.25, 0.3) is 0 Å². The molecule has 1 atom stereocenters. The lowest BCUT2D eigenvalue weighted by molar-refractivity contribution is -0.121. The van der Waals surface area contributed by atoms with E-state index >= 15 is 0 Å². The van der Waals surface area contributed by atoms with Crippen LogP contribution in [0.3, 0.4) is 0 Å². The van der Waals surface area contributed by atoms with Gasteiger partial charge in [-0.2, -0.15) is 5.26 Å². The second-order valence-corrected chi connectivity index (χ2v) is 8.14. The molecule has 23 heavy (non-hydrogen) atoms. The highest BCUT2D eigenvalue weighted by molar-refractivity contribution is 8.00. The Morgan fingerprint density at radius 1 is 1.17 bits per heavy atom. The van der Waals surface area contributed by atoms with Crippen molar-refractivity contribution >= 4 is 17.7 Å². The van der Waals surface area contributed by atoms with Crippen molar-refractivity contribution in [2.24, 2.45) is 0 Å². The van der Waals surface area contributed by atoms with Gasteiger partial charge in [-0.25, -0.2) is 0 Å². The number of nitrogens with zero attached hydrogens (tertiary/aromatic N) is 1. The molecular formula is C19H26N2OS. The highest BCUT2D eigenvalue weighted by atomic mass is 32.2. The topological polar surface area (TPSA) is 52.9 Å². The number of hydrogen-bond donors (Lipinski definition) is 1. The molecule has 1 saturated carbocycles. The van der Waals surface area contributed by atoms with E-state index in [2.05, 4.69) is 49.5 Å². The average molecular weight is 330 g/mol. The van der Waals surface area contributed by atoms with Gasteiger partial charge in [0.15, 0.2) is 0 Å². The van der Waals surface area contributed by atoms with Crippen molar-refractivity contribution in [3.63, 3.8) is 0 Å². The van der Waals surface area contributed by atoms with Crippen LogP contribution in [0.1, 0.15) is 64.4 Å². The highest BCUT2D eigenvalue weighted by Gasteiger charge is 2.34. The number of thioether (sulfide) groups is 1. The summed E-state index contributed by atoms with van der Waals surface area (Å²) in [4.78, 5) is 13.6. The molecule has 0 heterocycles. The van der Waals surface area contributed by atoms with E-state index in [4.69, 9.17) is 0 Å². The number of carbonyl (C=O) groups is 1. The molecule has 3 nitrogen and oxygen atoms in total. The minimum atomic E-state index is -0.647. The smallest absolute Gasteiger partial charge is 0.234 e. The van der Waals surface area contributed by atoms with Gasteiger partial charge in [-0.05, 0) is 43.4 Å². The Morgan fingerprint density at radius 3 is 2.30 bits per heavy atom. The van der Waals surface area contributed by atoms with Gasteiger partial charge >= 0.3 is 0 Å². The van der Waals surface area contributed by atoms with E-state index < -0.39 is 5.54 Å². The van der Waals surface area contributed by atoms with Crippen molar-refractivity contribution in [3.05, 3.63) is 29.8 Å². The fraction of sp³-hybridized carbons (Fsp3) is 0.579. The average Bonchev–Trinajstić information content (AvgIpc) is 2.56. The molecule has 2 rings (SSSR count). The Hall–Kier alpha value is -1.47. The lowest BCUT2D eigenvalue weighted by Crippen LogP contribution is -2.50. The van der Waals surface area contributed by atoms with E-state index in [1.165, 1.54) is 5.56 Å². The molecule has 0 bridgehead atoms. The molecule has 1 fully saturated rings. The fourth-order valence-corrected chi connectivity index (χ4v) is 3.81.